The summed E-state index contributed by atoms with van der Waals surface area (Å²) in [6.45, 7) is 3.74. The number of rotatable bonds is 2. The molecule has 0 bridgehead atoms. The molecule has 1 saturated heterocycles. The topological polar surface area (TPSA) is 12.5 Å². The first kappa shape index (κ1) is 15.5. The summed E-state index contributed by atoms with van der Waals surface area (Å²) >= 11 is 12.1. The van der Waals surface area contributed by atoms with Gasteiger partial charge in [0.1, 0.15) is 0 Å². The predicted octanol–water partition coefficient (Wildman–Crippen LogP) is 5.01. The molecule has 1 fully saturated rings. The normalized spacial score (nSPS) is 19.9. The van der Waals surface area contributed by atoms with Crippen LogP contribution < -0.4 is 0 Å². The standard InChI is InChI=1S/C19H19Cl2NO/c20-17-6-5-14(11-18(17)21)12-22-9-7-19(8-10-22)16-4-2-1-3-15(16)13-23-19/h1-6,11H,7-10,12-13H2. The van der Waals surface area contributed by atoms with Crippen LogP contribution in [-0.4, -0.2) is 18.0 Å². The van der Waals surface area contributed by atoms with Gasteiger partial charge in [-0.2, -0.15) is 0 Å². The Balaban J connectivity index is 1.45. The second-order valence-electron chi connectivity index (χ2n) is 6.46. The maximum Gasteiger partial charge on any atom is 0.0963 e. The smallest absolute Gasteiger partial charge is 0.0963 e. The summed E-state index contributed by atoms with van der Waals surface area (Å²) in [6, 6.07) is 14.5. The number of fused-ring (bicyclic) bond motifs is 2. The van der Waals surface area contributed by atoms with Crippen LogP contribution in [-0.2, 0) is 23.5 Å². The van der Waals surface area contributed by atoms with Crippen LogP contribution in [0.5, 0.6) is 0 Å². The highest BCUT2D eigenvalue weighted by Crippen LogP contribution is 2.44. The van der Waals surface area contributed by atoms with Crippen molar-refractivity contribution in [2.75, 3.05) is 13.1 Å². The van der Waals surface area contributed by atoms with E-state index in [1.54, 1.807) is 0 Å². The molecule has 4 heteroatoms. The molecule has 0 saturated carbocycles. The number of ether oxygens (including phenoxy) is 1. The van der Waals surface area contributed by atoms with Crippen molar-refractivity contribution in [2.45, 2.75) is 31.6 Å². The summed E-state index contributed by atoms with van der Waals surface area (Å²) in [5, 5.41) is 1.25. The summed E-state index contributed by atoms with van der Waals surface area (Å²) in [6.07, 6.45) is 2.09. The van der Waals surface area contributed by atoms with E-state index in [4.69, 9.17) is 27.9 Å². The molecule has 23 heavy (non-hydrogen) atoms. The minimum absolute atomic E-state index is 0.0647. The van der Waals surface area contributed by atoms with Crippen molar-refractivity contribution >= 4 is 23.2 Å². The fraction of sp³-hybridized carbons (Fsp3) is 0.368. The molecule has 0 unspecified atom stereocenters. The average Bonchev–Trinajstić information content (AvgIpc) is 2.92. The fourth-order valence-corrected chi connectivity index (χ4v) is 4.09. The number of halogens is 2. The number of likely N-dealkylation sites (tertiary alicyclic amines) is 1. The molecule has 2 heterocycles. The van der Waals surface area contributed by atoms with Gasteiger partial charge in [-0.1, -0.05) is 53.5 Å². The average molecular weight is 348 g/mol. The van der Waals surface area contributed by atoms with Crippen LogP contribution in [0.3, 0.4) is 0 Å². The molecule has 0 N–H and O–H groups in total. The van der Waals surface area contributed by atoms with Gasteiger partial charge < -0.3 is 4.74 Å². The van der Waals surface area contributed by atoms with Gasteiger partial charge in [-0.05, 0) is 41.7 Å². The highest BCUT2D eigenvalue weighted by atomic mass is 35.5. The molecular weight excluding hydrogens is 329 g/mol. The van der Waals surface area contributed by atoms with Crippen LogP contribution in [0.15, 0.2) is 42.5 Å². The number of hydrogen-bond donors (Lipinski definition) is 0. The Hall–Kier alpha value is -1.06. The maximum absolute atomic E-state index is 6.22. The summed E-state index contributed by atoms with van der Waals surface area (Å²) in [5.41, 5.74) is 3.90. The minimum atomic E-state index is -0.0647. The number of benzene rings is 2. The molecule has 1 spiro atoms. The van der Waals surface area contributed by atoms with E-state index in [1.807, 2.05) is 12.1 Å². The third-order valence-electron chi connectivity index (χ3n) is 5.07. The Morgan fingerprint density at radius 1 is 1.00 bits per heavy atom. The van der Waals surface area contributed by atoms with E-state index in [0.717, 1.165) is 39.1 Å². The van der Waals surface area contributed by atoms with Gasteiger partial charge in [-0.25, -0.2) is 0 Å². The summed E-state index contributed by atoms with van der Waals surface area (Å²) in [5.74, 6) is 0. The SMILES string of the molecule is Clc1ccc(CN2CCC3(CC2)OCc2ccccc23)cc1Cl. The largest absolute Gasteiger partial charge is 0.365 e. The van der Waals surface area contributed by atoms with Gasteiger partial charge >= 0.3 is 0 Å². The Morgan fingerprint density at radius 2 is 1.78 bits per heavy atom. The van der Waals surface area contributed by atoms with E-state index >= 15 is 0 Å². The molecule has 120 valence electrons. The minimum Gasteiger partial charge on any atom is -0.365 e. The number of hydrogen-bond acceptors (Lipinski definition) is 2. The van der Waals surface area contributed by atoms with E-state index in [0.29, 0.717) is 10.0 Å². The molecule has 0 amide bonds. The molecule has 2 aromatic carbocycles. The van der Waals surface area contributed by atoms with Crippen LogP contribution in [0.25, 0.3) is 0 Å². The summed E-state index contributed by atoms with van der Waals surface area (Å²) < 4.78 is 6.22. The molecule has 2 nitrogen and oxygen atoms in total. The van der Waals surface area contributed by atoms with Crippen molar-refractivity contribution in [3.8, 4) is 0 Å². The predicted molar refractivity (Wildman–Crippen MR) is 93.9 cm³/mol. The first-order chi connectivity index (χ1) is 11.2. The van der Waals surface area contributed by atoms with Crippen LogP contribution in [0.4, 0.5) is 0 Å². The molecule has 0 radical (unpaired) electrons. The van der Waals surface area contributed by atoms with E-state index in [-0.39, 0.29) is 5.60 Å². The van der Waals surface area contributed by atoms with Crippen molar-refractivity contribution in [3.05, 3.63) is 69.2 Å². The highest BCUT2D eigenvalue weighted by Gasteiger charge is 2.42. The molecule has 2 aliphatic rings. The third-order valence-corrected chi connectivity index (χ3v) is 5.81. The first-order valence-electron chi connectivity index (χ1n) is 8.05. The van der Waals surface area contributed by atoms with Crippen molar-refractivity contribution in [3.63, 3.8) is 0 Å². The Morgan fingerprint density at radius 3 is 2.57 bits per heavy atom. The van der Waals surface area contributed by atoms with Gasteiger partial charge in [0.15, 0.2) is 0 Å². The van der Waals surface area contributed by atoms with E-state index in [2.05, 4.69) is 35.2 Å². The maximum atomic E-state index is 6.22. The molecule has 0 aromatic heterocycles. The van der Waals surface area contributed by atoms with E-state index in [1.165, 1.54) is 16.7 Å². The van der Waals surface area contributed by atoms with E-state index in [9.17, 15) is 0 Å². The molecule has 4 rings (SSSR count). The fourth-order valence-electron chi connectivity index (χ4n) is 3.77. The zero-order valence-corrected chi connectivity index (χ0v) is 14.4. The van der Waals surface area contributed by atoms with Crippen LogP contribution in [0.1, 0.15) is 29.5 Å². The van der Waals surface area contributed by atoms with Crippen LogP contribution in [0, 0.1) is 0 Å². The van der Waals surface area contributed by atoms with Gasteiger partial charge in [-0.15, -0.1) is 0 Å². The summed E-state index contributed by atoms with van der Waals surface area (Å²) in [7, 11) is 0. The van der Waals surface area contributed by atoms with Crippen molar-refractivity contribution in [1.29, 1.82) is 0 Å². The van der Waals surface area contributed by atoms with Crippen molar-refractivity contribution in [2.24, 2.45) is 0 Å². The number of piperidine rings is 1. The Kier molecular flexibility index (Phi) is 4.10. The molecular formula is C19H19Cl2NO. The van der Waals surface area contributed by atoms with Crippen LogP contribution in [0.2, 0.25) is 10.0 Å². The van der Waals surface area contributed by atoms with Gasteiger partial charge in [0, 0.05) is 19.6 Å². The van der Waals surface area contributed by atoms with Crippen LogP contribution >= 0.6 is 23.2 Å². The monoisotopic (exact) mass is 347 g/mol. The Bertz CT molecular complexity index is 723. The van der Waals surface area contributed by atoms with E-state index < -0.39 is 0 Å². The lowest BCUT2D eigenvalue weighted by Gasteiger charge is -2.39. The van der Waals surface area contributed by atoms with Gasteiger partial charge in [0.2, 0.25) is 0 Å². The number of nitrogens with zero attached hydrogens (tertiary/aromatic N) is 1. The second-order valence-corrected chi connectivity index (χ2v) is 7.28. The highest BCUT2D eigenvalue weighted by molar-refractivity contribution is 6.42. The molecule has 2 aliphatic heterocycles. The van der Waals surface area contributed by atoms with Crippen molar-refractivity contribution < 1.29 is 4.74 Å². The third kappa shape index (κ3) is 2.89. The Labute approximate surface area is 147 Å². The molecule has 2 aromatic rings. The zero-order valence-electron chi connectivity index (χ0n) is 12.9. The second kappa shape index (κ2) is 6.10. The lowest BCUT2D eigenvalue weighted by atomic mass is 9.84. The zero-order chi connectivity index (χ0) is 15.9. The quantitative estimate of drug-likeness (QED) is 0.756. The lowest BCUT2D eigenvalue weighted by molar-refractivity contribution is -0.0799. The lowest BCUT2D eigenvalue weighted by Crippen LogP contribution is -2.42. The molecule has 0 atom stereocenters. The summed E-state index contributed by atoms with van der Waals surface area (Å²) in [4.78, 5) is 2.47. The molecule has 0 aliphatic carbocycles. The van der Waals surface area contributed by atoms with Gasteiger partial charge in [0.05, 0.1) is 22.3 Å². The van der Waals surface area contributed by atoms with Gasteiger partial charge in [-0.3, -0.25) is 4.90 Å². The van der Waals surface area contributed by atoms with Gasteiger partial charge in [0.25, 0.3) is 0 Å². The first-order valence-corrected chi connectivity index (χ1v) is 8.80. The van der Waals surface area contributed by atoms with Crippen molar-refractivity contribution in [1.82, 2.24) is 4.90 Å².